The van der Waals surface area contributed by atoms with Crippen molar-refractivity contribution in [1.82, 2.24) is 14.5 Å². The third-order valence-corrected chi connectivity index (χ3v) is 5.95. The van der Waals surface area contributed by atoms with Crippen LogP contribution in [0.4, 0.5) is 0 Å². The predicted octanol–water partition coefficient (Wildman–Crippen LogP) is 2.30. The maximum atomic E-state index is 12.8. The lowest BCUT2D eigenvalue weighted by atomic mass is 9.89. The number of nitrogens with zero attached hydrogens (tertiary/aromatic N) is 3. The van der Waals surface area contributed by atoms with Gasteiger partial charge in [-0.05, 0) is 36.6 Å². The van der Waals surface area contributed by atoms with Gasteiger partial charge in [0, 0.05) is 32.0 Å². The molecule has 2 heterocycles. The maximum absolute atomic E-state index is 12.8. The molecular weight excluding hydrogens is 364 g/mol. The number of aryl methyl sites for hydroxylation is 2. The Morgan fingerprint density at radius 1 is 1.14 bits per heavy atom. The molecule has 2 aromatic carbocycles. The van der Waals surface area contributed by atoms with Gasteiger partial charge in [-0.1, -0.05) is 42.5 Å². The van der Waals surface area contributed by atoms with E-state index in [1.165, 1.54) is 10.1 Å². The molecule has 150 valence electrons. The van der Waals surface area contributed by atoms with Crippen LogP contribution in [0.25, 0.3) is 10.9 Å². The van der Waals surface area contributed by atoms with Crippen LogP contribution in [-0.2, 0) is 11.3 Å². The van der Waals surface area contributed by atoms with Gasteiger partial charge >= 0.3 is 0 Å². The molecule has 0 radical (unpaired) electrons. The number of hydrogen-bond donors (Lipinski definition) is 1. The number of hydrogen-bond acceptors (Lipinski definition) is 4. The molecule has 0 bridgehead atoms. The highest BCUT2D eigenvalue weighted by Crippen LogP contribution is 2.32. The second kappa shape index (κ2) is 8.17. The Balaban J connectivity index is 1.46. The fourth-order valence-corrected chi connectivity index (χ4v) is 4.26. The molecule has 0 aliphatic carbocycles. The van der Waals surface area contributed by atoms with Crippen molar-refractivity contribution in [2.45, 2.75) is 25.8 Å². The Morgan fingerprint density at radius 3 is 2.69 bits per heavy atom. The predicted molar refractivity (Wildman–Crippen MR) is 114 cm³/mol. The Labute approximate surface area is 170 Å². The van der Waals surface area contributed by atoms with Crippen molar-refractivity contribution in [3.05, 3.63) is 76.3 Å². The second-order valence-corrected chi connectivity index (χ2v) is 7.78. The van der Waals surface area contributed by atoms with Gasteiger partial charge in [0.05, 0.1) is 17.2 Å². The highest BCUT2D eigenvalue weighted by molar-refractivity contribution is 5.80. The van der Waals surface area contributed by atoms with Gasteiger partial charge in [-0.15, -0.1) is 0 Å². The Kier molecular flexibility index (Phi) is 5.45. The molecule has 6 nitrogen and oxygen atoms in total. The number of fused-ring (bicyclic) bond motifs is 1. The average molecular weight is 390 g/mol. The van der Waals surface area contributed by atoms with Crippen molar-refractivity contribution in [2.75, 3.05) is 19.6 Å². The first-order valence-corrected chi connectivity index (χ1v) is 10.1. The van der Waals surface area contributed by atoms with Crippen LogP contribution in [0, 0.1) is 12.8 Å². The van der Waals surface area contributed by atoms with Gasteiger partial charge in [0.1, 0.15) is 0 Å². The zero-order valence-corrected chi connectivity index (χ0v) is 16.6. The quantitative estimate of drug-likeness (QED) is 0.725. The van der Waals surface area contributed by atoms with Crippen molar-refractivity contribution in [2.24, 2.45) is 11.7 Å². The zero-order chi connectivity index (χ0) is 20.4. The van der Waals surface area contributed by atoms with Crippen molar-refractivity contribution in [3.8, 4) is 0 Å². The Hall–Kier alpha value is -2.99. The van der Waals surface area contributed by atoms with E-state index in [0.717, 1.165) is 11.1 Å². The van der Waals surface area contributed by atoms with Crippen LogP contribution in [0.2, 0.25) is 0 Å². The fraction of sp³-hybridized carbons (Fsp3) is 0.348. The summed E-state index contributed by atoms with van der Waals surface area (Å²) in [5, 5.41) is 0.591. The molecule has 6 heteroatoms. The van der Waals surface area contributed by atoms with Gasteiger partial charge in [-0.3, -0.25) is 14.2 Å². The van der Waals surface area contributed by atoms with Gasteiger partial charge in [-0.2, -0.15) is 0 Å². The number of carbonyl (C=O) groups is 1. The molecule has 2 N–H and O–H groups in total. The summed E-state index contributed by atoms with van der Waals surface area (Å²) in [5.41, 5.74) is 8.80. The number of rotatable bonds is 5. The van der Waals surface area contributed by atoms with Crippen LogP contribution in [0.3, 0.4) is 0 Å². The van der Waals surface area contributed by atoms with Crippen LogP contribution in [0.5, 0.6) is 0 Å². The summed E-state index contributed by atoms with van der Waals surface area (Å²) in [6.07, 6.45) is 1.82. The molecule has 1 aliphatic heterocycles. The van der Waals surface area contributed by atoms with E-state index >= 15 is 0 Å². The van der Waals surface area contributed by atoms with Gasteiger partial charge < -0.3 is 10.6 Å². The minimum Gasteiger partial charge on any atom is -0.342 e. The van der Waals surface area contributed by atoms with Crippen LogP contribution >= 0.6 is 0 Å². The van der Waals surface area contributed by atoms with E-state index in [4.69, 9.17) is 5.73 Å². The first kappa shape index (κ1) is 19.3. The van der Waals surface area contributed by atoms with E-state index < -0.39 is 0 Å². The number of likely N-dealkylation sites (tertiary alicyclic amines) is 1. The van der Waals surface area contributed by atoms with Gasteiger partial charge in [-0.25, -0.2) is 4.98 Å². The van der Waals surface area contributed by atoms with E-state index in [9.17, 15) is 9.59 Å². The summed E-state index contributed by atoms with van der Waals surface area (Å²) in [6.45, 7) is 4.16. The smallest absolute Gasteiger partial charge is 0.261 e. The van der Waals surface area contributed by atoms with E-state index in [1.54, 1.807) is 12.4 Å². The van der Waals surface area contributed by atoms with E-state index in [0.29, 0.717) is 31.6 Å². The molecule has 2 atom stereocenters. The highest BCUT2D eigenvalue weighted by atomic mass is 16.2. The molecular formula is C23H26N4O2. The fourth-order valence-electron chi connectivity index (χ4n) is 4.26. The lowest BCUT2D eigenvalue weighted by Gasteiger charge is -2.17. The normalized spacial score (nSPS) is 19.0. The minimum atomic E-state index is -0.102. The molecule has 3 aromatic rings. The van der Waals surface area contributed by atoms with Crippen molar-refractivity contribution in [3.63, 3.8) is 0 Å². The second-order valence-electron chi connectivity index (χ2n) is 7.78. The van der Waals surface area contributed by atoms with E-state index in [-0.39, 0.29) is 29.7 Å². The maximum Gasteiger partial charge on any atom is 0.261 e. The number of benzene rings is 2. The van der Waals surface area contributed by atoms with E-state index in [1.807, 2.05) is 42.2 Å². The summed E-state index contributed by atoms with van der Waals surface area (Å²) in [6, 6.07) is 15.8. The van der Waals surface area contributed by atoms with Crippen LogP contribution < -0.4 is 11.3 Å². The van der Waals surface area contributed by atoms with Crippen molar-refractivity contribution < 1.29 is 4.79 Å². The molecule has 1 amide bonds. The third kappa shape index (κ3) is 3.80. The summed E-state index contributed by atoms with van der Waals surface area (Å²) in [7, 11) is 0. The van der Waals surface area contributed by atoms with E-state index in [2.05, 4.69) is 17.1 Å². The largest absolute Gasteiger partial charge is 0.342 e. The molecule has 0 spiro atoms. The standard InChI is InChI=1S/C23H26N4O2/c1-16-6-5-9-19-22(16)25-15-26(23(19)29)11-10-21(28)27-13-18(12-24)20(14-27)17-7-3-2-4-8-17/h2-9,15,18,20H,10-14,24H2,1H3/t18-,20+/m1/s1. The molecule has 1 saturated heterocycles. The molecule has 1 aromatic heterocycles. The zero-order valence-electron chi connectivity index (χ0n) is 16.6. The molecule has 29 heavy (non-hydrogen) atoms. The third-order valence-electron chi connectivity index (χ3n) is 5.95. The Bertz CT molecular complexity index is 1080. The van der Waals surface area contributed by atoms with Crippen LogP contribution in [0.15, 0.2) is 59.7 Å². The molecule has 0 saturated carbocycles. The number of carbonyl (C=O) groups excluding carboxylic acids is 1. The van der Waals surface area contributed by atoms with Crippen molar-refractivity contribution >= 4 is 16.8 Å². The molecule has 0 unspecified atom stereocenters. The van der Waals surface area contributed by atoms with Crippen LogP contribution in [0.1, 0.15) is 23.5 Å². The molecule has 4 rings (SSSR count). The topological polar surface area (TPSA) is 81.2 Å². The minimum absolute atomic E-state index is 0.0538. The van der Waals surface area contributed by atoms with Gasteiger partial charge in [0.15, 0.2) is 0 Å². The lowest BCUT2D eigenvalue weighted by molar-refractivity contribution is -0.130. The summed E-state index contributed by atoms with van der Waals surface area (Å²) >= 11 is 0. The Morgan fingerprint density at radius 2 is 1.93 bits per heavy atom. The SMILES string of the molecule is Cc1cccc2c(=O)n(CCC(=O)N3C[C@@H](CN)[C@H](c4ccccc4)C3)cnc12. The molecule has 1 aliphatic rings. The molecule has 1 fully saturated rings. The highest BCUT2D eigenvalue weighted by Gasteiger charge is 2.34. The first-order valence-electron chi connectivity index (χ1n) is 10.1. The average Bonchev–Trinajstić information content (AvgIpc) is 3.19. The van der Waals surface area contributed by atoms with Gasteiger partial charge in [0.2, 0.25) is 5.91 Å². The monoisotopic (exact) mass is 390 g/mol. The summed E-state index contributed by atoms with van der Waals surface area (Å²) in [4.78, 5) is 31.9. The van der Waals surface area contributed by atoms with Crippen molar-refractivity contribution in [1.29, 1.82) is 0 Å². The van der Waals surface area contributed by atoms with Gasteiger partial charge in [0.25, 0.3) is 5.56 Å². The lowest BCUT2D eigenvalue weighted by Crippen LogP contribution is -2.31. The summed E-state index contributed by atoms with van der Waals surface area (Å²) < 4.78 is 1.53. The number of aromatic nitrogens is 2. The van der Waals surface area contributed by atoms with Crippen LogP contribution in [-0.4, -0.2) is 40.0 Å². The number of amides is 1. The first-order chi connectivity index (χ1) is 14.1. The number of nitrogens with two attached hydrogens (primary N) is 1. The number of para-hydroxylation sites is 1. The summed E-state index contributed by atoms with van der Waals surface area (Å²) in [5.74, 6) is 0.575.